The maximum absolute atomic E-state index is 14.8. The minimum Gasteiger partial charge on any atom is -0.369 e. The van der Waals surface area contributed by atoms with Crippen molar-refractivity contribution < 1.29 is 22.0 Å². The number of hydrogen-bond donors (Lipinski definition) is 1. The molecule has 2 atom stereocenters. The van der Waals surface area contributed by atoms with Crippen LogP contribution in [0.2, 0.25) is 0 Å². The summed E-state index contributed by atoms with van der Waals surface area (Å²) in [5.41, 5.74) is 1.59. The van der Waals surface area contributed by atoms with Crippen LogP contribution in [0.5, 0.6) is 0 Å². The Morgan fingerprint density at radius 1 is 1.12 bits per heavy atom. The molecule has 2 saturated carbocycles. The molecule has 6 rings (SSSR count). The molecule has 0 spiro atoms. The molecule has 1 amide bonds. The molecule has 0 radical (unpaired) electrons. The van der Waals surface area contributed by atoms with Crippen molar-refractivity contribution >= 4 is 32.8 Å². The molecule has 8 nitrogen and oxygen atoms in total. The van der Waals surface area contributed by atoms with Crippen molar-refractivity contribution in [3.63, 3.8) is 0 Å². The summed E-state index contributed by atoms with van der Waals surface area (Å²) in [7, 11) is -3.00. The summed E-state index contributed by atoms with van der Waals surface area (Å²) >= 11 is 1.25. The SMILES string of the molecule is N#CC1(NC(=O)[C@@H]2CCCC[C@H]2c2nc(-c3ncc(F)cc3F)sc2-c2ccc(N3CCS(=O)(=O)CC3)cc2)CC1. The third-order valence-corrected chi connectivity index (χ3v) is 11.0. The number of carbonyl (C=O) groups is 1. The van der Waals surface area contributed by atoms with E-state index in [4.69, 9.17) is 4.98 Å². The average molecular weight is 598 g/mol. The Balaban J connectivity index is 1.37. The molecule has 3 fully saturated rings. The van der Waals surface area contributed by atoms with Crippen LogP contribution in [0, 0.1) is 28.9 Å². The minimum absolute atomic E-state index is 0.0479. The molecule has 1 aromatic carbocycles. The van der Waals surface area contributed by atoms with E-state index >= 15 is 0 Å². The Hall–Kier alpha value is -3.43. The lowest BCUT2D eigenvalue weighted by Gasteiger charge is -2.31. The van der Waals surface area contributed by atoms with Gasteiger partial charge in [-0.05, 0) is 43.4 Å². The second-order valence-corrected chi connectivity index (χ2v) is 14.4. The molecular weight excluding hydrogens is 568 g/mol. The second-order valence-electron chi connectivity index (χ2n) is 11.1. The molecule has 0 bridgehead atoms. The van der Waals surface area contributed by atoms with E-state index in [1.54, 1.807) is 0 Å². The number of amides is 1. The normalized spacial score (nSPS) is 23.0. The van der Waals surface area contributed by atoms with Crippen LogP contribution in [0.1, 0.15) is 50.1 Å². The quantitative estimate of drug-likeness (QED) is 0.433. The van der Waals surface area contributed by atoms with Crippen LogP contribution in [0.15, 0.2) is 36.5 Å². The van der Waals surface area contributed by atoms with Gasteiger partial charge in [-0.15, -0.1) is 11.3 Å². The van der Waals surface area contributed by atoms with Gasteiger partial charge in [-0.25, -0.2) is 27.2 Å². The molecule has 214 valence electrons. The number of rotatable bonds is 6. The lowest BCUT2D eigenvalue weighted by Crippen LogP contribution is -2.42. The number of thiazole rings is 1. The fraction of sp³-hybridized carbons (Fsp3) is 0.448. The number of carbonyl (C=O) groups excluding carboxylic acids is 1. The van der Waals surface area contributed by atoms with Gasteiger partial charge in [0, 0.05) is 36.7 Å². The maximum Gasteiger partial charge on any atom is 0.225 e. The van der Waals surface area contributed by atoms with Crippen molar-refractivity contribution in [3.8, 4) is 27.2 Å². The third kappa shape index (κ3) is 5.70. The van der Waals surface area contributed by atoms with Crippen LogP contribution in [-0.4, -0.2) is 54.4 Å². The number of benzene rings is 1. The summed E-state index contributed by atoms with van der Waals surface area (Å²) in [6.07, 6.45) is 5.41. The molecule has 1 N–H and O–H groups in total. The highest BCUT2D eigenvalue weighted by molar-refractivity contribution is 7.91. The highest BCUT2D eigenvalue weighted by Crippen LogP contribution is 2.46. The van der Waals surface area contributed by atoms with Gasteiger partial charge in [0.1, 0.15) is 22.1 Å². The zero-order chi connectivity index (χ0) is 28.8. The first-order valence-electron chi connectivity index (χ1n) is 13.8. The van der Waals surface area contributed by atoms with Crippen molar-refractivity contribution in [2.45, 2.75) is 50.0 Å². The number of nitrogens with one attached hydrogen (secondary N) is 1. The molecule has 41 heavy (non-hydrogen) atoms. The maximum atomic E-state index is 14.8. The zero-order valence-corrected chi connectivity index (χ0v) is 23.9. The Bertz CT molecular complexity index is 1620. The standard InChI is InChI=1S/C29H29F2N5O3S2/c30-19-15-23(31)25(33-16-19)28-34-24(21-3-1-2-4-22(21)27(37)35-29(17-32)9-10-29)26(40-28)18-5-7-20(8-6-18)36-11-13-41(38,39)14-12-36/h5-8,15-16,21-22H,1-4,9-14H2,(H,35,37)/t21-,22-/m1/s1. The van der Waals surface area contributed by atoms with E-state index in [0.29, 0.717) is 49.5 Å². The van der Waals surface area contributed by atoms with E-state index in [0.717, 1.165) is 41.2 Å². The van der Waals surface area contributed by atoms with Crippen molar-refractivity contribution in [2.75, 3.05) is 29.5 Å². The smallest absolute Gasteiger partial charge is 0.225 e. The van der Waals surface area contributed by atoms with E-state index in [1.807, 2.05) is 29.2 Å². The number of halogens is 2. The largest absolute Gasteiger partial charge is 0.369 e. The van der Waals surface area contributed by atoms with Gasteiger partial charge >= 0.3 is 0 Å². The van der Waals surface area contributed by atoms with Crippen molar-refractivity contribution in [1.29, 1.82) is 5.26 Å². The first kappa shape index (κ1) is 27.7. The van der Waals surface area contributed by atoms with Gasteiger partial charge in [-0.1, -0.05) is 25.0 Å². The van der Waals surface area contributed by atoms with Gasteiger partial charge in [-0.3, -0.25) is 4.79 Å². The Morgan fingerprint density at radius 3 is 2.49 bits per heavy atom. The Morgan fingerprint density at radius 2 is 1.83 bits per heavy atom. The van der Waals surface area contributed by atoms with Crippen molar-refractivity contribution in [2.24, 2.45) is 5.92 Å². The number of anilines is 1. The summed E-state index contributed by atoms with van der Waals surface area (Å²) in [6.45, 7) is 0.854. The molecule has 1 saturated heterocycles. The van der Waals surface area contributed by atoms with E-state index in [9.17, 15) is 27.3 Å². The van der Waals surface area contributed by atoms with Gasteiger partial charge < -0.3 is 10.2 Å². The summed E-state index contributed by atoms with van der Waals surface area (Å²) < 4.78 is 52.1. The predicted octanol–water partition coefficient (Wildman–Crippen LogP) is 4.83. The fourth-order valence-electron chi connectivity index (χ4n) is 5.75. The van der Waals surface area contributed by atoms with Crippen LogP contribution in [0.4, 0.5) is 14.5 Å². The van der Waals surface area contributed by atoms with E-state index in [2.05, 4.69) is 16.4 Å². The zero-order valence-electron chi connectivity index (χ0n) is 22.3. The molecule has 12 heteroatoms. The molecule has 2 aliphatic carbocycles. The highest BCUT2D eigenvalue weighted by atomic mass is 32.2. The minimum atomic E-state index is -3.00. The monoisotopic (exact) mass is 597 g/mol. The van der Waals surface area contributed by atoms with Crippen LogP contribution in [0.25, 0.3) is 21.1 Å². The molecule has 1 aliphatic heterocycles. The first-order valence-corrected chi connectivity index (χ1v) is 16.4. The summed E-state index contributed by atoms with van der Waals surface area (Å²) in [4.78, 5) is 25.1. The average Bonchev–Trinajstić information content (AvgIpc) is 3.60. The van der Waals surface area contributed by atoms with Gasteiger partial charge in [-0.2, -0.15) is 5.26 Å². The van der Waals surface area contributed by atoms with E-state index < -0.39 is 27.0 Å². The summed E-state index contributed by atoms with van der Waals surface area (Å²) in [6, 6.07) is 10.7. The van der Waals surface area contributed by atoms with Gasteiger partial charge in [0.2, 0.25) is 5.91 Å². The summed E-state index contributed by atoms with van der Waals surface area (Å²) in [5.74, 6) is -2.14. The van der Waals surface area contributed by atoms with Gasteiger partial charge in [0.05, 0.1) is 34.3 Å². The molecule has 3 aliphatic rings. The van der Waals surface area contributed by atoms with Gasteiger partial charge in [0.15, 0.2) is 15.7 Å². The lowest BCUT2D eigenvalue weighted by molar-refractivity contribution is -0.127. The third-order valence-electron chi connectivity index (χ3n) is 8.28. The molecule has 3 aromatic rings. The fourth-order valence-corrected chi connectivity index (χ4v) is 8.09. The van der Waals surface area contributed by atoms with Crippen LogP contribution < -0.4 is 10.2 Å². The number of sulfone groups is 1. The lowest BCUT2D eigenvalue weighted by atomic mass is 9.76. The van der Waals surface area contributed by atoms with Crippen LogP contribution in [0.3, 0.4) is 0 Å². The molecule has 2 aromatic heterocycles. The van der Waals surface area contributed by atoms with Crippen LogP contribution >= 0.6 is 11.3 Å². The molecule has 0 unspecified atom stereocenters. The van der Waals surface area contributed by atoms with Crippen molar-refractivity contribution in [1.82, 2.24) is 15.3 Å². The number of hydrogen-bond acceptors (Lipinski definition) is 8. The second kappa shape index (κ2) is 10.8. The predicted molar refractivity (Wildman–Crippen MR) is 152 cm³/mol. The van der Waals surface area contributed by atoms with Crippen molar-refractivity contribution in [3.05, 3.63) is 53.9 Å². The number of nitriles is 1. The van der Waals surface area contributed by atoms with Gasteiger partial charge in [0.25, 0.3) is 0 Å². The number of nitrogens with zero attached hydrogens (tertiary/aromatic N) is 4. The number of aromatic nitrogens is 2. The summed E-state index contributed by atoms with van der Waals surface area (Å²) in [5, 5.41) is 12.8. The Labute approximate surface area is 241 Å². The Kier molecular flexibility index (Phi) is 7.28. The molecule has 3 heterocycles. The number of pyridine rings is 1. The van der Waals surface area contributed by atoms with E-state index in [1.165, 1.54) is 11.3 Å². The molecular formula is C29H29F2N5O3S2. The topological polar surface area (TPSA) is 116 Å². The highest BCUT2D eigenvalue weighted by Gasteiger charge is 2.47. The van der Waals surface area contributed by atoms with E-state index in [-0.39, 0.29) is 34.9 Å². The van der Waals surface area contributed by atoms with Crippen LogP contribution in [-0.2, 0) is 14.6 Å². The first-order chi connectivity index (χ1) is 19.7.